The van der Waals surface area contributed by atoms with Gasteiger partial charge in [-0.05, 0) is 30.9 Å². The Morgan fingerprint density at radius 3 is 2.86 bits per heavy atom. The van der Waals surface area contributed by atoms with Gasteiger partial charge >= 0.3 is 0 Å². The SMILES string of the molecule is O=C(CCc1nc2ccccc2s1)NCC1CCCCC1. The third kappa shape index (κ3) is 4.03. The third-order valence-corrected chi connectivity index (χ3v) is 5.31. The third-order valence-electron chi connectivity index (χ3n) is 4.22. The van der Waals surface area contributed by atoms with Crippen LogP contribution in [0, 0.1) is 5.92 Å². The monoisotopic (exact) mass is 302 g/mol. The number of hydrogen-bond donors (Lipinski definition) is 1. The number of carbonyl (C=O) groups excluding carboxylic acids is 1. The van der Waals surface area contributed by atoms with Crippen molar-refractivity contribution >= 4 is 27.5 Å². The zero-order chi connectivity index (χ0) is 14.5. The van der Waals surface area contributed by atoms with Crippen LogP contribution in [0.1, 0.15) is 43.5 Å². The summed E-state index contributed by atoms with van der Waals surface area (Å²) in [5, 5.41) is 4.15. The van der Waals surface area contributed by atoms with Crippen LogP contribution in [0.5, 0.6) is 0 Å². The predicted octanol–water partition coefficient (Wildman–Crippen LogP) is 3.93. The molecule has 3 rings (SSSR count). The van der Waals surface area contributed by atoms with Crippen molar-refractivity contribution in [3.8, 4) is 0 Å². The van der Waals surface area contributed by atoms with E-state index in [1.807, 2.05) is 18.2 Å². The molecule has 3 nitrogen and oxygen atoms in total. The van der Waals surface area contributed by atoms with Crippen molar-refractivity contribution in [1.29, 1.82) is 0 Å². The minimum Gasteiger partial charge on any atom is -0.356 e. The number of aromatic nitrogens is 1. The van der Waals surface area contributed by atoms with Gasteiger partial charge in [-0.1, -0.05) is 31.4 Å². The fraction of sp³-hybridized carbons (Fsp3) is 0.529. The van der Waals surface area contributed by atoms with Gasteiger partial charge in [0.2, 0.25) is 5.91 Å². The molecule has 1 amide bonds. The average molecular weight is 302 g/mol. The summed E-state index contributed by atoms with van der Waals surface area (Å²) in [4.78, 5) is 16.5. The number of aryl methyl sites for hydroxylation is 1. The van der Waals surface area contributed by atoms with E-state index in [1.165, 1.54) is 36.8 Å². The van der Waals surface area contributed by atoms with E-state index >= 15 is 0 Å². The number of fused-ring (bicyclic) bond motifs is 1. The zero-order valence-corrected chi connectivity index (χ0v) is 13.1. The Labute approximate surface area is 129 Å². The molecule has 1 N–H and O–H groups in total. The summed E-state index contributed by atoms with van der Waals surface area (Å²) in [7, 11) is 0. The fourth-order valence-corrected chi connectivity index (χ4v) is 3.95. The molecule has 0 unspecified atom stereocenters. The van der Waals surface area contributed by atoms with Crippen LogP contribution in [0.2, 0.25) is 0 Å². The minimum atomic E-state index is 0.167. The lowest BCUT2D eigenvalue weighted by Gasteiger charge is -2.21. The van der Waals surface area contributed by atoms with E-state index in [-0.39, 0.29) is 5.91 Å². The fourth-order valence-electron chi connectivity index (χ4n) is 2.99. The van der Waals surface area contributed by atoms with Crippen molar-refractivity contribution in [2.45, 2.75) is 44.9 Å². The van der Waals surface area contributed by atoms with Crippen molar-refractivity contribution < 1.29 is 4.79 Å². The molecule has 21 heavy (non-hydrogen) atoms. The molecule has 4 heteroatoms. The van der Waals surface area contributed by atoms with E-state index < -0.39 is 0 Å². The largest absolute Gasteiger partial charge is 0.356 e. The van der Waals surface area contributed by atoms with E-state index in [1.54, 1.807) is 11.3 Å². The minimum absolute atomic E-state index is 0.167. The molecule has 1 aliphatic carbocycles. The van der Waals surface area contributed by atoms with Gasteiger partial charge in [0.05, 0.1) is 15.2 Å². The van der Waals surface area contributed by atoms with Gasteiger partial charge < -0.3 is 5.32 Å². The van der Waals surface area contributed by atoms with Crippen LogP contribution in [0.3, 0.4) is 0 Å². The first-order chi connectivity index (χ1) is 10.3. The van der Waals surface area contributed by atoms with Gasteiger partial charge in [-0.2, -0.15) is 0 Å². The van der Waals surface area contributed by atoms with Gasteiger partial charge in [-0.15, -0.1) is 11.3 Å². The maximum atomic E-state index is 11.9. The molecule has 2 aromatic rings. The lowest BCUT2D eigenvalue weighted by atomic mass is 9.89. The predicted molar refractivity (Wildman–Crippen MR) is 87.5 cm³/mol. The number of nitrogens with one attached hydrogen (secondary N) is 1. The van der Waals surface area contributed by atoms with Crippen LogP contribution in [0.15, 0.2) is 24.3 Å². The maximum absolute atomic E-state index is 11.9. The molecule has 1 saturated carbocycles. The van der Waals surface area contributed by atoms with Crippen LogP contribution < -0.4 is 5.32 Å². The molecule has 0 bridgehead atoms. The molecule has 112 valence electrons. The molecule has 0 aliphatic heterocycles. The van der Waals surface area contributed by atoms with Crippen LogP contribution in [-0.2, 0) is 11.2 Å². The number of para-hydroxylation sites is 1. The number of rotatable bonds is 5. The van der Waals surface area contributed by atoms with Crippen molar-refractivity contribution in [1.82, 2.24) is 10.3 Å². The number of thiazole rings is 1. The van der Waals surface area contributed by atoms with E-state index in [0.717, 1.165) is 23.5 Å². The second kappa shape index (κ2) is 7.03. The van der Waals surface area contributed by atoms with E-state index in [0.29, 0.717) is 12.3 Å². The van der Waals surface area contributed by atoms with E-state index in [4.69, 9.17) is 0 Å². The molecule has 0 spiro atoms. The highest BCUT2D eigenvalue weighted by molar-refractivity contribution is 7.18. The van der Waals surface area contributed by atoms with Crippen molar-refractivity contribution in [2.24, 2.45) is 5.92 Å². The first kappa shape index (κ1) is 14.5. The highest BCUT2D eigenvalue weighted by atomic mass is 32.1. The molecular weight excluding hydrogens is 280 g/mol. The second-order valence-electron chi connectivity index (χ2n) is 5.88. The van der Waals surface area contributed by atoms with E-state index in [9.17, 15) is 4.79 Å². The Balaban J connectivity index is 1.44. The molecule has 0 saturated heterocycles. The molecule has 1 aliphatic rings. The van der Waals surface area contributed by atoms with Gasteiger partial charge in [0.1, 0.15) is 0 Å². The van der Waals surface area contributed by atoms with Crippen molar-refractivity contribution in [3.63, 3.8) is 0 Å². The summed E-state index contributed by atoms with van der Waals surface area (Å²) in [6.07, 6.45) is 7.86. The Hall–Kier alpha value is -1.42. The number of amides is 1. The number of carbonyl (C=O) groups is 1. The Kier molecular flexibility index (Phi) is 4.86. The van der Waals surface area contributed by atoms with Crippen molar-refractivity contribution in [2.75, 3.05) is 6.54 Å². The van der Waals surface area contributed by atoms with Crippen molar-refractivity contribution in [3.05, 3.63) is 29.3 Å². The topological polar surface area (TPSA) is 42.0 Å². The highest BCUT2D eigenvalue weighted by Gasteiger charge is 2.14. The Morgan fingerprint density at radius 1 is 1.24 bits per heavy atom. The summed E-state index contributed by atoms with van der Waals surface area (Å²) in [6, 6.07) is 8.14. The molecule has 1 fully saturated rings. The molecule has 1 aromatic carbocycles. The van der Waals surface area contributed by atoms with Gasteiger partial charge in [-0.3, -0.25) is 4.79 Å². The summed E-state index contributed by atoms with van der Waals surface area (Å²) in [6.45, 7) is 0.860. The van der Waals surface area contributed by atoms with Crippen LogP contribution in [0.25, 0.3) is 10.2 Å². The summed E-state index contributed by atoms with van der Waals surface area (Å²) in [5.41, 5.74) is 1.04. The highest BCUT2D eigenvalue weighted by Crippen LogP contribution is 2.23. The summed E-state index contributed by atoms with van der Waals surface area (Å²) >= 11 is 1.69. The van der Waals surface area contributed by atoms with Gasteiger partial charge in [0.15, 0.2) is 0 Å². The molecule has 0 atom stereocenters. The van der Waals surface area contributed by atoms with Gasteiger partial charge in [0.25, 0.3) is 0 Å². The number of nitrogens with zero attached hydrogens (tertiary/aromatic N) is 1. The standard InChI is InChI=1S/C17H22N2OS/c20-16(18-12-13-6-2-1-3-7-13)10-11-17-19-14-8-4-5-9-15(14)21-17/h4-5,8-9,13H,1-3,6-7,10-12H2,(H,18,20). The lowest BCUT2D eigenvalue weighted by Crippen LogP contribution is -2.30. The Morgan fingerprint density at radius 2 is 2.05 bits per heavy atom. The number of benzene rings is 1. The zero-order valence-electron chi connectivity index (χ0n) is 12.3. The molecular formula is C17H22N2OS. The second-order valence-corrected chi connectivity index (χ2v) is 7.00. The Bertz CT molecular complexity index is 569. The van der Waals surface area contributed by atoms with E-state index in [2.05, 4.69) is 16.4 Å². The first-order valence-corrected chi connectivity index (χ1v) is 8.74. The molecule has 1 heterocycles. The summed E-state index contributed by atoms with van der Waals surface area (Å²) < 4.78 is 1.20. The average Bonchev–Trinajstić information content (AvgIpc) is 2.95. The quantitative estimate of drug-likeness (QED) is 0.909. The summed E-state index contributed by atoms with van der Waals surface area (Å²) in [5.74, 6) is 0.866. The number of hydrogen-bond acceptors (Lipinski definition) is 3. The molecule has 0 radical (unpaired) electrons. The normalized spacial score (nSPS) is 16.2. The lowest BCUT2D eigenvalue weighted by molar-refractivity contribution is -0.121. The van der Waals surface area contributed by atoms with Crippen LogP contribution >= 0.6 is 11.3 Å². The first-order valence-electron chi connectivity index (χ1n) is 7.92. The smallest absolute Gasteiger partial charge is 0.220 e. The van der Waals surface area contributed by atoms with Gasteiger partial charge in [0, 0.05) is 19.4 Å². The van der Waals surface area contributed by atoms with Crippen LogP contribution in [-0.4, -0.2) is 17.4 Å². The maximum Gasteiger partial charge on any atom is 0.220 e. The van der Waals surface area contributed by atoms with Crippen LogP contribution in [0.4, 0.5) is 0 Å². The molecule has 1 aromatic heterocycles. The van der Waals surface area contributed by atoms with Gasteiger partial charge in [-0.25, -0.2) is 4.98 Å².